The number of benzene rings is 4. The topological polar surface area (TPSA) is 9.23 Å². The molecule has 0 N–H and O–H groups in total. The first-order chi connectivity index (χ1) is 15.7. The number of unbranched alkanes of at least 4 members (excludes halogenated alkanes) is 1. The number of rotatable bonds is 6. The van der Waals surface area contributed by atoms with Gasteiger partial charge in [0.2, 0.25) is 5.75 Å². The summed E-state index contributed by atoms with van der Waals surface area (Å²) in [5, 5.41) is -0.0112. The van der Waals surface area contributed by atoms with Crippen LogP contribution in [-0.4, -0.2) is 6.36 Å². The molecule has 0 radical (unpaired) electrons. The van der Waals surface area contributed by atoms with E-state index >= 15 is 0 Å². The molecule has 0 aliphatic carbocycles. The highest BCUT2D eigenvalue weighted by atomic mass is 19.4. The molecule has 0 saturated heterocycles. The predicted molar refractivity (Wildman–Crippen MR) is 120 cm³/mol. The van der Waals surface area contributed by atoms with Crippen molar-refractivity contribution in [3.63, 3.8) is 0 Å². The van der Waals surface area contributed by atoms with Crippen molar-refractivity contribution in [2.45, 2.75) is 32.5 Å². The minimum absolute atomic E-state index is 0.142. The van der Waals surface area contributed by atoms with Gasteiger partial charge in [0.15, 0.2) is 11.6 Å². The average molecular weight is 456 g/mol. The van der Waals surface area contributed by atoms with E-state index in [0.29, 0.717) is 5.56 Å². The van der Waals surface area contributed by atoms with Gasteiger partial charge in [-0.25, -0.2) is 8.78 Å². The van der Waals surface area contributed by atoms with Crippen molar-refractivity contribution in [3.8, 4) is 28.0 Å². The van der Waals surface area contributed by atoms with Gasteiger partial charge in [0, 0.05) is 5.39 Å². The first kappa shape index (κ1) is 22.8. The fourth-order valence-electron chi connectivity index (χ4n) is 3.80. The summed E-state index contributed by atoms with van der Waals surface area (Å²) in [5.41, 5.74) is 4.93. The Hall–Kier alpha value is -3.41. The molecule has 0 unspecified atom stereocenters. The lowest BCUT2D eigenvalue weighted by Gasteiger charge is -2.13. The van der Waals surface area contributed by atoms with Crippen molar-refractivity contribution in [3.05, 3.63) is 90.0 Å². The summed E-state index contributed by atoms with van der Waals surface area (Å²) in [5.74, 6) is -4.24. The maximum Gasteiger partial charge on any atom is 0.573 e. The number of hydrogen-bond acceptors (Lipinski definition) is 1. The third-order valence-electron chi connectivity index (χ3n) is 5.53. The van der Waals surface area contributed by atoms with Crippen LogP contribution in [0, 0.1) is 11.6 Å². The van der Waals surface area contributed by atoms with Gasteiger partial charge in [-0.15, -0.1) is 13.2 Å². The van der Waals surface area contributed by atoms with Crippen molar-refractivity contribution < 1.29 is 26.7 Å². The van der Waals surface area contributed by atoms with E-state index < -0.39 is 23.7 Å². The lowest BCUT2D eigenvalue weighted by Crippen LogP contribution is -2.19. The molecule has 0 heterocycles. The molecule has 4 aromatic rings. The molecular formula is C27H21F5O. The lowest BCUT2D eigenvalue weighted by molar-refractivity contribution is -0.276. The molecule has 0 saturated carbocycles. The second-order valence-electron chi connectivity index (χ2n) is 7.86. The molecule has 0 bridgehead atoms. The summed E-state index contributed by atoms with van der Waals surface area (Å²) in [6.45, 7) is 2.16. The van der Waals surface area contributed by atoms with Crippen LogP contribution >= 0.6 is 0 Å². The van der Waals surface area contributed by atoms with Crippen LogP contribution in [0.3, 0.4) is 0 Å². The number of fused-ring (bicyclic) bond motifs is 1. The van der Waals surface area contributed by atoms with Crippen molar-refractivity contribution >= 4 is 10.8 Å². The Morgan fingerprint density at radius 1 is 0.727 bits per heavy atom. The predicted octanol–water partition coefficient (Wildman–Crippen LogP) is 8.69. The Labute approximate surface area is 188 Å². The zero-order valence-corrected chi connectivity index (χ0v) is 17.8. The van der Waals surface area contributed by atoms with Crippen LogP contribution in [0.25, 0.3) is 33.0 Å². The van der Waals surface area contributed by atoms with Crippen LogP contribution in [0.1, 0.15) is 25.3 Å². The highest BCUT2D eigenvalue weighted by molar-refractivity contribution is 5.89. The molecular weight excluding hydrogens is 435 g/mol. The summed E-state index contributed by atoms with van der Waals surface area (Å²) < 4.78 is 69.5. The van der Waals surface area contributed by atoms with Crippen molar-refractivity contribution in [1.82, 2.24) is 0 Å². The van der Waals surface area contributed by atoms with Gasteiger partial charge in [-0.05, 0) is 58.2 Å². The van der Waals surface area contributed by atoms with E-state index in [1.807, 2.05) is 24.3 Å². The van der Waals surface area contributed by atoms with Crippen LogP contribution in [0.4, 0.5) is 22.0 Å². The molecule has 1 nitrogen and oxygen atoms in total. The van der Waals surface area contributed by atoms with E-state index in [1.54, 1.807) is 6.07 Å². The molecule has 170 valence electrons. The van der Waals surface area contributed by atoms with Crippen molar-refractivity contribution in [2.75, 3.05) is 0 Å². The zero-order valence-electron chi connectivity index (χ0n) is 17.8. The Kier molecular flexibility index (Phi) is 6.36. The van der Waals surface area contributed by atoms with E-state index in [4.69, 9.17) is 0 Å². The summed E-state index contributed by atoms with van der Waals surface area (Å²) in [4.78, 5) is 0. The molecule has 0 aliphatic rings. The number of aryl methyl sites for hydroxylation is 1. The molecule has 33 heavy (non-hydrogen) atoms. The zero-order chi connectivity index (χ0) is 23.6. The van der Waals surface area contributed by atoms with Crippen LogP contribution < -0.4 is 4.74 Å². The molecule has 6 heteroatoms. The third kappa shape index (κ3) is 5.16. The minimum Gasteiger partial charge on any atom is -0.399 e. The number of halogens is 5. The summed E-state index contributed by atoms with van der Waals surface area (Å²) in [7, 11) is 0. The van der Waals surface area contributed by atoms with Crippen LogP contribution in [0.5, 0.6) is 5.75 Å². The third-order valence-corrected chi connectivity index (χ3v) is 5.53. The molecule has 0 aliphatic heterocycles. The lowest BCUT2D eigenvalue weighted by atomic mass is 9.97. The normalized spacial score (nSPS) is 11.7. The highest BCUT2D eigenvalue weighted by Gasteiger charge is 2.34. The minimum atomic E-state index is -5.19. The van der Waals surface area contributed by atoms with Gasteiger partial charge in [-0.3, -0.25) is 0 Å². The van der Waals surface area contributed by atoms with Gasteiger partial charge in [0.1, 0.15) is 0 Å². The first-order valence-corrected chi connectivity index (χ1v) is 10.6. The van der Waals surface area contributed by atoms with Gasteiger partial charge in [-0.2, -0.15) is 0 Å². The molecule has 0 amide bonds. The van der Waals surface area contributed by atoms with Crippen LogP contribution in [0.2, 0.25) is 0 Å². The van der Waals surface area contributed by atoms with Crippen molar-refractivity contribution in [2.24, 2.45) is 0 Å². The van der Waals surface area contributed by atoms with Gasteiger partial charge in [0.05, 0.1) is 0 Å². The summed E-state index contributed by atoms with van der Waals surface area (Å²) in [6, 6.07) is 21.4. The Morgan fingerprint density at radius 2 is 1.27 bits per heavy atom. The number of hydrogen-bond donors (Lipinski definition) is 0. The van der Waals surface area contributed by atoms with Gasteiger partial charge < -0.3 is 4.74 Å². The maximum absolute atomic E-state index is 14.5. The highest BCUT2D eigenvalue weighted by Crippen LogP contribution is 2.35. The Bertz CT molecular complexity index is 1260. The van der Waals surface area contributed by atoms with Crippen molar-refractivity contribution in [1.29, 1.82) is 0 Å². The molecule has 4 aromatic carbocycles. The van der Waals surface area contributed by atoms with E-state index in [9.17, 15) is 22.0 Å². The second-order valence-corrected chi connectivity index (χ2v) is 7.86. The fraction of sp³-hybridized carbons (Fsp3) is 0.185. The quantitative estimate of drug-likeness (QED) is 0.264. The van der Waals surface area contributed by atoms with Crippen LogP contribution in [0.15, 0.2) is 72.8 Å². The van der Waals surface area contributed by atoms with E-state index in [1.165, 1.54) is 17.7 Å². The average Bonchev–Trinajstić information content (AvgIpc) is 2.80. The number of ether oxygens (including phenoxy) is 1. The Balaban J connectivity index is 1.60. The largest absolute Gasteiger partial charge is 0.573 e. The smallest absolute Gasteiger partial charge is 0.399 e. The van der Waals surface area contributed by atoms with Crippen LogP contribution in [-0.2, 0) is 6.42 Å². The number of alkyl halides is 3. The molecule has 0 fully saturated rings. The maximum atomic E-state index is 14.5. The standard InChI is InChI=1S/C27H21F5O/c1-2-3-4-17-5-7-18(8-6-17)19-9-11-20(12-10-19)21-13-14-23-22(15-21)16-24(28)26(25(23)29)33-27(30,31)32/h5-16H,2-4H2,1H3. The van der Waals surface area contributed by atoms with E-state index in [0.717, 1.165) is 42.0 Å². The van der Waals surface area contributed by atoms with E-state index in [2.05, 4.69) is 35.9 Å². The van der Waals surface area contributed by atoms with Gasteiger partial charge >= 0.3 is 6.36 Å². The molecule has 0 spiro atoms. The van der Waals surface area contributed by atoms with Gasteiger partial charge in [-0.1, -0.05) is 74.0 Å². The molecule has 4 rings (SSSR count). The van der Waals surface area contributed by atoms with E-state index in [-0.39, 0.29) is 10.8 Å². The summed E-state index contributed by atoms with van der Waals surface area (Å²) in [6.07, 6.45) is -1.82. The SMILES string of the molecule is CCCCc1ccc(-c2ccc(-c3ccc4c(F)c(OC(F)(F)F)c(F)cc4c3)cc2)cc1. The molecule has 0 aromatic heterocycles. The molecule has 0 atom stereocenters. The second kappa shape index (κ2) is 9.22. The van der Waals surface area contributed by atoms with Gasteiger partial charge in [0.25, 0.3) is 0 Å². The summed E-state index contributed by atoms with van der Waals surface area (Å²) >= 11 is 0. The first-order valence-electron chi connectivity index (χ1n) is 10.6. The Morgan fingerprint density at radius 3 is 1.85 bits per heavy atom. The monoisotopic (exact) mass is 456 g/mol. The fourth-order valence-corrected chi connectivity index (χ4v) is 3.80.